The van der Waals surface area contributed by atoms with Crippen LogP contribution in [0.3, 0.4) is 0 Å². The number of hydrogen-bond donors (Lipinski definition) is 0. The van der Waals surface area contributed by atoms with Crippen LogP contribution in [0.15, 0.2) is 67.3 Å². The lowest BCUT2D eigenvalue weighted by Crippen LogP contribution is -2.35. The van der Waals surface area contributed by atoms with E-state index in [9.17, 15) is 22.4 Å². The summed E-state index contributed by atoms with van der Waals surface area (Å²) in [6.45, 7) is 0.531. The summed E-state index contributed by atoms with van der Waals surface area (Å²) in [6.07, 6.45) is 1.02. The van der Waals surface area contributed by atoms with Gasteiger partial charge in [-0.15, -0.1) is 0 Å². The SMILES string of the molecule is O=C(c1cnn(-c2ncc(F)cn2)c1C1CCN(Cc2ccc(C(F)(F)F)nc2)CC1)N1CC(c2ccccc2)C(F)(F)C1. The van der Waals surface area contributed by atoms with Gasteiger partial charge in [0.1, 0.15) is 5.69 Å². The summed E-state index contributed by atoms with van der Waals surface area (Å²) in [5.41, 5.74) is 0.704. The van der Waals surface area contributed by atoms with Crippen LogP contribution < -0.4 is 0 Å². The van der Waals surface area contributed by atoms with Gasteiger partial charge in [-0.25, -0.2) is 27.8 Å². The lowest BCUT2D eigenvalue weighted by molar-refractivity contribution is -0.141. The van der Waals surface area contributed by atoms with E-state index >= 15 is 8.78 Å². The van der Waals surface area contributed by atoms with E-state index in [2.05, 4.69) is 25.0 Å². The molecule has 0 aliphatic carbocycles. The lowest BCUT2D eigenvalue weighted by atomic mass is 9.90. The Balaban J connectivity index is 1.23. The predicted molar refractivity (Wildman–Crippen MR) is 146 cm³/mol. The summed E-state index contributed by atoms with van der Waals surface area (Å²) >= 11 is 0. The average molecular weight is 616 g/mol. The molecule has 1 aromatic carbocycles. The van der Waals surface area contributed by atoms with Gasteiger partial charge in [-0.2, -0.15) is 18.3 Å². The molecule has 5 heterocycles. The van der Waals surface area contributed by atoms with Crippen LogP contribution in [0.25, 0.3) is 5.95 Å². The van der Waals surface area contributed by atoms with Gasteiger partial charge in [0.05, 0.1) is 42.3 Å². The van der Waals surface area contributed by atoms with E-state index in [1.54, 1.807) is 30.3 Å². The Morgan fingerprint density at radius 1 is 0.932 bits per heavy atom. The minimum absolute atomic E-state index is 0.0348. The first-order valence-electron chi connectivity index (χ1n) is 14.0. The topological polar surface area (TPSA) is 80.0 Å². The summed E-state index contributed by atoms with van der Waals surface area (Å²) in [6, 6.07) is 10.7. The highest BCUT2D eigenvalue weighted by atomic mass is 19.4. The van der Waals surface area contributed by atoms with Crippen molar-refractivity contribution in [2.24, 2.45) is 0 Å². The number of likely N-dealkylation sites (tertiary alicyclic amines) is 2. The molecule has 2 fully saturated rings. The standard InChI is InChI=1S/C30H27F6N7O/c31-22-13-38-28(39-14-22)43-26(21-8-10-41(11-9-21)16-19-6-7-25(37-12-19)30(34,35)36)23(15-40-43)27(44)42-17-24(29(32,33)18-42)20-4-2-1-3-5-20/h1-7,12-15,21,24H,8-11,16-18H2. The molecule has 2 aliphatic rings. The van der Waals surface area contributed by atoms with Crippen molar-refractivity contribution >= 4 is 5.91 Å². The molecule has 0 saturated carbocycles. The zero-order chi connectivity index (χ0) is 31.1. The van der Waals surface area contributed by atoms with E-state index < -0.39 is 42.0 Å². The Morgan fingerprint density at radius 2 is 1.64 bits per heavy atom. The lowest BCUT2D eigenvalue weighted by Gasteiger charge is -2.32. The molecule has 0 radical (unpaired) electrons. The third-order valence-electron chi connectivity index (χ3n) is 8.13. The molecule has 0 N–H and O–H groups in total. The molecule has 1 unspecified atom stereocenters. The molecule has 14 heteroatoms. The van der Waals surface area contributed by atoms with Crippen LogP contribution in [0.5, 0.6) is 0 Å². The summed E-state index contributed by atoms with van der Waals surface area (Å²) in [4.78, 5) is 28.6. The van der Waals surface area contributed by atoms with Crippen molar-refractivity contribution in [1.82, 2.24) is 34.5 Å². The van der Waals surface area contributed by atoms with Gasteiger partial charge in [-0.05, 0) is 43.1 Å². The van der Waals surface area contributed by atoms with Gasteiger partial charge in [-0.3, -0.25) is 14.7 Å². The van der Waals surface area contributed by atoms with Gasteiger partial charge in [0, 0.05) is 25.2 Å². The molecule has 230 valence electrons. The zero-order valence-corrected chi connectivity index (χ0v) is 23.3. The number of pyridine rings is 1. The third kappa shape index (κ3) is 6.03. The Labute approximate surface area is 248 Å². The van der Waals surface area contributed by atoms with Crippen molar-refractivity contribution in [2.75, 3.05) is 26.2 Å². The van der Waals surface area contributed by atoms with Gasteiger partial charge in [-0.1, -0.05) is 36.4 Å². The van der Waals surface area contributed by atoms with Crippen LogP contribution in [0.2, 0.25) is 0 Å². The van der Waals surface area contributed by atoms with Gasteiger partial charge < -0.3 is 4.90 Å². The molecule has 6 rings (SSSR count). The Kier molecular flexibility index (Phi) is 7.86. The van der Waals surface area contributed by atoms with Gasteiger partial charge >= 0.3 is 6.18 Å². The van der Waals surface area contributed by atoms with Gasteiger partial charge in [0.25, 0.3) is 17.8 Å². The minimum Gasteiger partial charge on any atom is -0.332 e. The Morgan fingerprint density at radius 3 is 2.27 bits per heavy atom. The first kappa shape index (κ1) is 29.7. The van der Waals surface area contributed by atoms with Crippen LogP contribution in [-0.4, -0.2) is 72.5 Å². The second-order valence-corrected chi connectivity index (χ2v) is 11.1. The smallest absolute Gasteiger partial charge is 0.332 e. The van der Waals surface area contributed by atoms with E-state index in [1.165, 1.54) is 23.1 Å². The van der Waals surface area contributed by atoms with Crippen molar-refractivity contribution in [3.8, 4) is 5.95 Å². The number of carbonyl (C=O) groups is 1. The van der Waals surface area contributed by atoms with E-state index in [0.717, 1.165) is 23.4 Å². The zero-order valence-electron chi connectivity index (χ0n) is 23.3. The molecule has 0 spiro atoms. The van der Waals surface area contributed by atoms with E-state index in [4.69, 9.17) is 0 Å². The molecule has 4 aromatic rings. The highest BCUT2D eigenvalue weighted by molar-refractivity contribution is 5.96. The normalized spacial score (nSPS) is 19.4. The van der Waals surface area contributed by atoms with Crippen molar-refractivity contribution < 1.29 is 31.1 Å². The monoisotopic (exact) mass is 615 g/mol. The molecule has 1 atom stereocenters. The number of piperidine rings is 1. The van der Waals surface area contributed by atoms with Gasteiger partial charge in [0.2, 0.25) is 0 Å². The number of nitrogens with zero attached hydrogens (tertiary/aromatic N) is 7. The number of halogens is 6. The van der Waals surface area contributed by atoms with Crippen LogP contribution in [0, 0.1) is 5.82 Å². The molecule has 44 heavy (non-hydrogen) atoms. The Hall–Kier alpha value is -4.33. The second kappa shape index (κ2) is 11.6. The predicted octanol–water partition coefficient (Wildman–Crippen LogP) is 5.47. The summed E-state index contributed by atoms with van der Waals surface area (Å²) in [5.74, 6) is -5.76. The number of carbonyl (C=O) groups excluding carboxylic acids is 1. The molecule has 2 saturated heterocycles. The first-order valence-corrected chi connectivity index (χ1v) is 14.0. The number of hydrogen-bond acceptors (Lipinski definition) is 6. The fourth-order valence-electron chi connectivity index (χ4n) is 5.94. The number of aromatic nitrogens is 5. The summed E-state index contributed by atoms with van der Waals surface area (Å²) in [7, 11) is 0. The van der Waals surface area contributed by atoms with Crippen LogP contribution in [-0.2, 0) is 12.7 Å². The fourth-order valence-corrected chi connectivity index (χ4v) is 5.94. The van der Waals surface area contributed by atoms with E-state index in [1.807, 2.05) is 0 Å². The quantitative estimate of drug-likeness (QED) is 0.268. The van der Waals surface area contributed by atoms with Crippen molar-refractivity contribution in [1.29, 1.82) is 0 Å². The number of amides is 1. The maximum absolute atomic E-state index is 15.2. The first-order chi connectivity index (χ1) is 21.0. The number of rotatable bonds is 6. The molecule has 1 amide bonds. The largest absolute Gasteiger partial charge is 0.433 e. The molecular formula is C30H27F6N7O. The van der Waals surface area contributed by atoms with Crippen molar-refractivity contribution in [3.05, 3.63) is 101 Å². The van der Waals surface area contributed by atoms with Gasteiger partial charge in [0.15, 0.2) is 5.82 Å². The minimum atomic E-state index is -4.52. The molecule has 8 nitrogen and oxygen atoms in total. The molecule has 0 bridgehead atoms. The van der Waals surface area contributed by atoms with Crippen molar-refractivity contribution in [2.45, 2.75) is 43.3 Å². The van der Waals surface area contributed by atoms with Crippen LogP contribution in [0.1, 0.15) is 57.6 Å². The van der Waals surface area contributed by atoms with E-state index in [0.29, 0.717) is 49.3 Å². The van der Waals surface area contributed by atoms with Crippen LogP contribution >= 0.6 is 0 Å². The highest BCUT2D eigenvalue weighted by Gasteiger charge is 2.50. The van der Waals surface area contributed by atoms with E-state index in [-0.39, 0.29) is 24.0 Å². The second-order valence-electron chi connectivity index (χ2n) is 11.1. The maximum Gasteiger partial charge on any atom is 0.433 e. The van der Waals surface area contributed by atoms with Crippen molar-refractivity contribution in [3.63, 3.8) is 0 Å². The molecule has 2 aliphatic heterocycles. The fraction of sp³-hybridized carbons (Fsp3) is 0.367. The summed E-state index contributed by atoms with van der Waals surface area (Å²) in [5, 5.41) is 4.33. The molecule has 3 aromatic heterocycles. The van der Waals surface area contributed by atoms with Crippen LogP contribution in [0.4, 0.5) is 26.3 Å². The highest BCUT2D eigenvalue weighted by Crippen LogP contribution is 2.41. The third-order valence-corrected chi connectivity index (χ3v) is 8.13. The number of benzene rings is 1. The Bertz CT molecular complexity index is 1600. The number of alkyl halides is 5. The molecular weight excluding hydrogens is 588 g/mol. The maximum atomic E-state index is 15.2. The average Bonchev–Trinajstić information content (AvgIpc) is 3.59. The summed E-state index contributed by atoms with van der Waals surface area (Å²) < 4.78 is 83.9.